The Bertz CT molecular complexity index is 995. The van der Waals surface area contributed by atoms with Crippen LogP contribution in [0.25, 0.3) is 0 Å². The molecule has 148 valence electrons. The van der Waals surface area contributed by atoms with E-state index in [9.17, 15) is 9.59 Å². The highest BCUT2D eigenvalue weighted by molar-refractivity contribution is 7.14. The van der Waals surface area contributed by atoms with E-state index >= 15 is 0 Å². The van der Waals surface area contributed by atoms with E-state index < -0.39 is 0 Å². The summed E-state index contributed by atoms with van der Waals surface area (Å²) in [5.41, 5.74) is 2.23. The molecule has 3 aromatic rings. The Kier molecular flexibility index (Phi) is 5.53. The highest BCUT2D eigenvalue weighted by Crippen LogP contribution is 2.22. The van der Waals surface area contributed by atoms with E-state index in [-0.39, 0.29) is 11.7 Å². The molecule has 0 spiro atoms. The van der Waals surface area contributed by atoms with Gasteiger partial charge in [-0.15, -0.1) is 11.3 Å². The van der Waals surface area contributed by atoms with Crippen LogP contribution in [0.1, 0.15) is 27.8 Å². The molecular weight excluding hydrogens is 386 g/mol. The fraction of sp³-hybridized carbons (Fsp3) is 0.238. The lowest BCUT2D eigenvalue weighted by Crippen LogP contribution is -2.48. The van der Waals surface area contributed by atoms with Crippen molar-refractivity contribution in [3.05, 3.63) is 65.3 Å². The zero-order chi connectivity index (χ0) is 20.2. The number of nitrogens with one attached hydrogen (secondary N) is 1. The number of nitrogens with zero attached hydrogens (tertiary/aromatic N) is 4. The van der Waals surface area contributed by atoms with Crippen molar-refractivity contribution in [2.75, 3.05) is 36.4 Å². The lowest BCUT2D eigenvalue weighted by molar-refractivity contribution is 0.0741. The van der Waals surface area contributed by atoms with Gasteiger partial charge in [0.2, 0.25) is 0 Å². The summed E-state index contributed by atoms with van der Waals surface area (Å²) in [5, 5.41) is 5.54. The SMILES string of the molecule is CC(=O)c1ccc(N2CCN(C(=O)c3csc(Nc4ccccn4)n3)CC2)cc1. The Labute approximate surface area is 173 Å². The van der Waals surface area contributed by atoms with Crippen LogP contribution in [0.4, 0.5) is 16.6 Å². The van der Waals surface area contributed by atoms with Crippen LogP contribution >= 0.6 is 11.3 Å². The standard InChI is InChI=1S/C21H21N5O2S/c1-15(27)16-5-7-17(8-6-16)25-10-12-26(13-11-25)20(28)18-14-29-21(23-18)24-19-4-2-3-9-22-19/h2-9,14H,10-13H2,1H3,(H,22,23,24). The van der Waals surface area contributed by atoms with Crippen LogP contribution in [0.2, 0.25) is 0 Å². The largest absolute Gasteiger partial charge is 0.368 e. The molecular formula is C21H21N5O2S. The fourth-order valence-electron chi connectivity index (χ4n) is 3.21. The van der Waals surface area contributed by atoms with Gasteiger partial charge in [-0.2, -0.15) is 0 Å². The molecule has 1 aromatic carbocycles. The molecule has 1 amide bonds. The molecule has 0 saturated carbocycles. The zero-order valence-electron chi connectivity index (χ0n) is 16.0. The number of anilines is 3. The van der Waals surface area contributed by atoms with Crippen molar-refractivity contribution in [2.24, 2.45) is 0 Å². The van der Waals surface area contributed by atoms with Gasteiger partial charge in [-0.25, -0.2) is 9.97 Å². The Morgan fingerprint density at radius 2 is 1.79 bits per heavy atom. The molecule has 0 radical (unpaired) electrons. The molecule has 1 fully saturated rings. The highest BCUT2D eigenvalue weighted by atomic mass is 32.1. The summed E-state index contributed by atoms with van der Waals surface area (Å²) >= 11 is 1.39. The first-order chi connectivity index (χ1) is 14.1. The summed E-state index contributed by atoms with van der Waals surface area (Å²) in [6.45, 7) is 4.32. The van der Waals surface area contributed by atoms with Crippen molar-refractivity contribution < 1.29 is 9.59 Å². The predicted octanol–water partition coefficient (Wildman–Crippen LogP) is 3.45. The normalized spacial score (nSPS) is 14.0. The quantitative estimate of drug-likeness (QED) is 0.653. The van der Waals surface area contributed by atoms with Crippen molar-refractivity contribution in [2.45, 2.75) is 6.92 Å². The van der Waals surface area contributed by atoms with Gasteiger partial charge < -0.3 is 15.1 Å². The number of piperazine rings is 1. The number of hydrogen-bond acceptors (Lipinski definition) is 7. The van der Waals surface area contributed by atoms with E-state index in [1.165, 1.54) is 11.3 Å². The third-order valence-electron chi connectivity index (χ3n) is 4.83. The summed E-state index contributed by atoms with van der Waals surface area (Å²) in [5.74, 6) is 0.708. The lowest BCUT2D eigenvalue weighted by Gasteiger charge is -2.35. The number of hydrogen-bond donors (Lipinski definition) is 1. The lowest BCUT2D eigenvalue weighted by atomic mass is 10.1. The number of carbonyl (C=O) groups excluding carboxylic acids is 2. The van der Waals surface area contributed by atoms with Gasteiger partial charge in [0.25, 0.3) is 5.91 Å². The number of rotatable bonds is 5. The number of ketones is 1. The molecule has 0 atom stereocenters. The minimum absolute atomic E-state index is 0.0538. The first-order valence-electron chi connectivity index (χ1n) is 9.39. The summed E-state index contributed by atoms with van der Waals surface area (Å²) in [4.78, 5) is 36.9. The number of pyridine rings is 1. The smallest absolute Gasteiger partial charge is 0.273 e. The second-order valence-electron chi connectivity index (χ2n) is 6.76. The number of benzene rings is 1. The maximum Gasteiger partial charge on any atom is 0.273 e. The maximum absolute atomic E-state index is 12.8. The summed E-state index contributed by atoms with van der Waals surface area (Å²) in [6, 6.07) is 13.2. The fourth-order valence-corrected chi connectivity index (χ4v) is 3.90. The number of Topliss-reactive ketones (excluding diaryl/α,β-unsaturated/α-hetero) is 1. The Hall–Kier alpha value is -3.26. The number of thiazole rings is 1. The zero-order valence-corrected chi connectivity index (χ0v) is 16.9. The number of carbonyl (C=O) groups is 2. The Morgan fingerprint density at radius 1 is 1.03 bits per heavy atom. The number of aromatic nitrogens is 2. The molecule has 0 aliphatic carbocycles. The van der Waals surface area contributed by atoms with Crippen molar-refractivity contribution in [1.82, 2.24) is 14.9 Å². The van der Waals surface area contributed by atoms with Crippen LogP contribution in [0.15, 0.2) is 54.0 Å². The van der Waals surface area contributed by atoms with E-state index in [1.54, 1.807) is 18.5 Å². The molecule has 4 rings (SSSR count). The predicted molar refractivity (Wildman–Crippen MR) is 114 cm³/mol. The van der Waals surface area contributed by atoms with E-state index in [0.29, 0.717) is 35.3 Å². The van der Waals surface area contributed by atoms with Gasteiger partial charge in [0.15, 0.2) is 10.9 Å². The van der Waals surface area contributed by atoms with Gasteiger partial charge in [0.05, 0.1) is 0 Å². The average Bonchev–Trinajstić information content (AvgIpc) is 3.22. The van der Waals surface area contributed by atoms with Gasteiger partial charge in [-0.05, 0) is 43.3 Å². The minimum Gasteiger partial charge on any atom is -0.368 e. The van der Waals surface area contributed by atoms with Crippen LogP contribution in [-0.4, -0.2) is 52.7 Å². The van der Waals surface area contributed by atoms with Gasteiger partial charge in [0.1, 0.15) is 11.5 Å². The maximum atomic E-state index is 12.8. The Morgan fingerprint density at radius 3 is 2.45 bits per heavy atom. The second-order valence-corrected chi connectivity index (χ2v) is 7.62. The molecule has 1 saturated heterocycles. The minimum atomic E-state index is -0.0538. The van der Waals surface area contributed by atoms with Gasteiger partial charge >= 0.3 is 0 Å². The van der Waals surface area contributed by atoms with Crippen molar-refractivity contribution in [1.29, 1.82) is 0 Å². The van der Waals surface area contributed by atoms with Crippen LogP contribution in [0, 0.1) is 0 Å². The monoisotopic (exact) mass is 407 g/mol. The highest BCUT2D eigenvalue weighted by Gasteiger charge is 2.24. The molecule has 7 nitrogen and oxygen atoms in total. The van der Waals surface area contributed by atoms with Gasteiger partial charge in [-0.3, -0.25) is 9.59 Å². The molecule has 1 aliphatic heterocycles. The molecule has 29 heavy (non-hydrogen) atoms. The Balaban J connectivity index is 1.35. The second kappa shape index (κ2) is 8.40. The van der Waals surface area contributed by atoms with Crippen LogP contribution < -0.4 is 10.2 Å². The third-order valence-corrected chi connectivity index (χ3v) is 5.59. The van der Waals surface area contributed by atoms with E-state index in [2.05, 4.69) is 20.2 Å². The topological polar surface area (TPSA) is 78.4 Å². The first kappa shape index (κ1) is 19.1. The molecule has 2 aromatic heterocycles. The van der Waals surface area contributed by atoms with E-state index in [0.717, 1.165) is 18.8 Å². The number of amides is 1. The van der Waals surface area contributed by atoms with Crippen LogP contribution in [0.5, 0.6) is 0 Å². The van der Waals surface area contributed by atoms with Crippen molar-refractivity contribution in [3.8, 4) is 0 Å². The first-order valence-corrected chi connectivity index (χ1v) is 10.3. The summed E-state index contributed by atoms with van der Waals surface area (Å²) in [7, 11) is 0. The van der Waals surface area contributed by atoms with E-state index in [1.807, 2.05) is 47.4 Å². The van der Waals surface area contributed by atoms with Crippen molar-refractivity contribution in [3.63, 3.8) is 0 Å². The molecule has 8 heteroatoms. The summed E-state index contributed by atoms with van der Waals surface area (Å²) < 4.78 is 0. The summed E-state index contributed by atoms with van der Waals surface area (Å²) in [6.07, 6.45) is 1.70. The molecule has 3 heterocycles. The van der Waals surface area contributed by atoms with E-state index in [4.69, 9.17) is 0 Å². The van der Waals surface area contributed by atoms with Crippen LogP contribution in [-0.2, 0) is 0 Å². The molecule has 1 aliphatic rings. The van der Waals surface area contributed by atoms with Gasteiger partial charge in [0, 0.05) is 49.0 Å². The average molecular weight is 407 g/mol. The van der Waals surface area contributed by atoms with Crippen LogP contribution in [0.3, 0.4) is 0 Å². The van der Waals surface area contributed by atoms with Crippen molar-refractivity contribution >= 4 is 39.7 Å². The molecule has 0 unspecified atom stereocenters. The molecule has 1 N–H and O–H groups in total. The molecule has 0 bridgehead atoms. The van der Waals surface area contributed by atoms with Gasteiger partial charge in [-0.1, -0.05) is 6.07 Å². The third kappa shape index (κ3) is 4.43.